The normalized spacial score (nSPS) is 12.3. The Kier molecular flexibility index (Phi) is 33.8. The lowest BCUT2D eigenvalue weighted by atomic mass is 10.4. The topological polar surface area (TPSA) is 240 Å². The summed E-state index contributed by atoms with van der Waals surface area (Å²) in [5, 5.41) is 2.98. The highest BCUT2D eigenvalue weighted by Gasteiger charge is 2.06. The number of nitrogens with two attached hydrogens (primary N) is 5. The lowest BCUT2D eigenvalue weighted by molar-refractivity contribution is -0.119. The second-order valence-electron chi connectivity index (χ2n) is 10.8. The highest BCUT2D eigenvalue weighted by Crippen LogP contribution is 1.94. The molecule has 0 bridgehead atoms. The molecule has 0 aliphatic heterocycles. The van der Waals surface area contributed by atoms with E-state index < -0.39 is 0 Å². The summed E-state index contributed by atoms with van der Waals surface area (Å²) in [5.41, 5.74) is 17.5. The summed E-state index contributed by atoms with van der Waals surface area (Å²) in [7, 11) is 0. The van der Waals surface area contributed by atoms with Crippen LogP contribution in [0.4, 0.5) is 0 Å². The Hall–Kier alpha value is -2.33. The maximum Gasteiger partial charge on any atom is 0.219 e. The van der Waals surface area contributed by atoms with Crippen LogP contribution in [0.2, 0.25) is 0 Å². The fourth-order valence-corrected chi connectivity index (χ4v) is 3.71. The van der Waals surface area contributed by atoms with Crippen molar-refractivity contribution in [3.63, 3.8) is 0 Å². The van der Waals surface area contributed by atoms with Gasteiger partial charge in [0.2, 0.25) is 5.91 Å². The first-order chi connectivity index (χ1) is 23.7. The van der Waals surface area contributed by atoms with Gasteiger partial charge in [0.05, 0.1) is 132 Å². The van der Waals surface area contributed by atoms with Gasteiger partial charge in [-0.2, -0.15) is 0 Å². The molecule has 0 radical (unpaired) electrons. The maximum atomic E-state index is 10.7. The molecule has 0 saturated carbocycles. The predicted molar refractivity (Wildman–Crippen MR) is 185 cm³/mol. The molecule has 0 rings (SSSR count). The van der Waals surface area contributed by atoms with Crippen LogP contribution < -0.4 is 28.9 Å². The minimum atomic E-state index is -0.383. The highest BCUT2D eigenvalue weighted by atomic mass is 16.6. The first-order valence-corrected chi connectivity index (χ1v) is 16.8. The summed E-state index contributed by atoms with van der Waals surface area (Å²) < 4.78 is 50.2. The van der Waals surface area contributed by atoms with E-state index in [1.807, 2.05) is 0 Å². The molecule has 290 valence electrons. The monoisotopic (exact) mass is 710 g/mol. The number of carbonyl (C=O) groups is 1. The summed E-state index contributed by atoms with van der Waals surface area (Å²) in [6.45, 7) is 15.3. The van der Waals surface area contributed by atoms with Crippen molar-refractivity contribution in [1.29, 1.82) is 0 Å². The molecule has 0 atom stereocenters. The average molecular weight is 711 g/mol. The van der Waals surface area contributed by atoms with Crippen LogP contribution in [0.3, 0.4) is 0 Å². The molecule has 0 aromatic carbocycles. The van der Waals surface area contributed by atoms with Crippen molar-refractivity contribution in [3.8, 4) is 0 Å². The lowest BCUT2D eigenvalue weighted by Gasteiger charge is -2.22. The number of hydrogen-bond acceptors (Lipinski definition) is 17. The zero-order chi connectivity index (χ0) is 36.2. The molecule has 1 amide bonds. The maximum absolute atomic E-state index is 10.7. The zero-order valence-corrected chi connectivity index (χ0v) is 29.9. The molecular formula is C31H66N8O10. The van der Waals surface area contributed by atoms with Gasteiger partial charge in [0.15, 0.2) is 0 Å². The minimum Gasteiger partial charge on any atom is -0.401 e. The van der Waals surface area contributed by atoms with Crippen molar-refractivity contribution in [2.24, 2.45) is 28.9 Å². The molecular weight excluding hydrogens is 644 g/mol. The van der Waals surface area contributed by atoms with E-state index in [2.05, 4.69) is 4.90 Å². The standard InChI is InChI=1S/C31H66N8O10/c1-29(32)27-38(35)7-13-45-19-25-48-23-17-43-11-5-37(4-10-42-16-22-47-21-15-41-9-3-31(34)40)6-12-44-18-24-49-26-20-46-14-8-39(36)28-30(2)33/h27-28H,3-26,32-33,35-36H2,1-2H3,(H2,34,40)/b29-27-,30-28-. The number of hydrogen-bond donors (Lipinski definition) is 5. The zero-order valence-electron chi connectivity index (χ0n) is 29.9. The number of hydrazine groups is 2. The van der Waals surface area contributed by atoms with Crippen LogP contribution in [-0.4, -0.2) is 172 Å². The molecule has 18 nitrogen and oxygen atoms in total. The second kappa shape index (κ2) is 35.5. The SMILES string of the molecule is C/C(N)=C/N(N)CCOCCOCCOCCN(CCOCCOCCOCCC(N)=O)CCOCCOCCOCCN(N)/C=C(/C)N. The largest absolute Gasteiger partial charge is 0.401 e. The van der Waals surface area contributed by atoms with Gasteiger partial charge in [0.25, 0.3) is 0 Å². The number of primary amides is 1. The second-order valence-corrected chi connectivity index (χ2v) is 10.8. The summed E-state index contributed by atoms with van der Waals surface area (Å²) in [5.74, 6) is 11.1. The van der Waals surface area contributed by atoms with Crippen LogP contribution in [0.25, 0.3) is 0 Å². The summed E-state index contributed by atoms with van der Waals surface area (Å²) >= 11 is 0. The van der Waals surface area contributed by atoms with E-state index in [-0.39, 0.29) is 12.3 Å². The van der Waals surface area contributed by atoms with Crippen LogP contribution in [0, 0.1) is 0 Å². The minimum absolute atomic E-state index is 0.204. The van der Waals surface area contributed by atoms with E-state index in [4.69, 9.17) is 71.5 Å². The summed E-state index contributed by atoms with van der Waals surface area (Å²) in [6.07, 6.45) is 3.52. The average Bonchev–Trinajstić information content (AvgIpc) is 3.03. The lowest BCUT2D eigenvalue weighted by Crippen LogP contribution is -2.34. The van der Waals surface area contributed by atoms with Crippen molar-refractivity contribution in [2.45, 2.75) is 20.3 Å². The van der Waals surface area contributed by atoms with E-state index in [0.29, 0.717) is 150 Å². The molecule has 18 heteroatoms. The van der Waals surface area contributed by atoms with Crippen molar-refractivity contribution in [1.82, 2.24) is 14.9 Å². The first-order valence-electron chi connectivity index (χ1n) is 16.8. The van der Waals surface area contributed by atoms with Gasteiger partial charge >= 0.3 is 0 Å². The van der Waals surface area contributed by atoms with Gasteiger partial charge in [-0.1, -0.05) is 0 Å². The van der Waals surface area contributed by atoms with Gasteiger partial charge in [-0.3, -0.25) is 9.69 Å². The van der Waals surface area contributed by atoms with Gasteiger partial charge in [-0.15, -0.1) is 0 Å². The highest BCUT2D eigenvalue weighted by molar-refractivity contribution is 5.73. The number of rotatable bonds is 38. The molecule has 10 N–H and O–H groups in total. The van der Waals surface area contributed by atoms with Crippen molar-refractivity contribution < 1.29 is 47.4 Å². The van der Waals surface area contributed by atoms with E-state index in [1.54, 1.807) is 26.2 Å². The molecule has 0 saturated heterocycles. The van der Waals surface area contributed by atoms with E-state index in [0.717, 1.165) is 13.1 Å². The van der Waals surface area contributed by atoms with Gasteiger partial charge < -0.3 is 69.9 Å². The Morgan fingerprint density at radius 1 is 0.429 bits per heavy atom. The fraction of sp³-hybridized carbons (Fsp3) is 0.839. The molecule has 0 spiro atoms. The molecule has 0 aromatic rings. The Balaban J connectivity index is 4.06. The Morgan fingerprint density at radius 3 is 0.939 bits per heavy atom. The van der Waals surface area contributed by atoms with Crippen LogP contribution >= 0.6 is 0 Å². The Morgan fingerprint density at radius 2 is 0.673 bits per heavy atom. The molecule has 0 aliphatic rings. The molecule has 49 heavy (non-hydrogen) atoms. The number of amides is 1. The van der Waals surface area contributed by atoms with Crippen LogP contribution in [-0.2, 0) is 47.4 Å². The third-order valence-corrected chi connectivity index (χ3v) is 6.11. The third kappa shape index (κ3) is 38.3. The first kappa shape index (κ1) is 46.7. The van der Waals surface area contributed by atoms with Crippen molar-refractivity contribution in [3.05, 3.63) is 23.8 Å². The number of carbonyl (C=O) groups excluding carboxylic acids is 1. The Bertz CT molecular complexity index is 762. The number of nitrogens with zero attached hydrogens (tertiary/aromatic N) is 3. The van der Waals surface area contributed by atoms with E-state index >= 15 is 0 Å². The quantitative estimate of drug-likeness (QED) is 0.0273. The molecule has 0 aliphatic carbocycles. The molecule has 0 unspecified atom stereocenters. The van der Waals surface area contributed by atoms with Crippen LogP contribution in [0.15, 0.2) is 23.8 Å². The predicted octanol–water partition coefficient (Wildman–Crippen LogP) is -1.70. The summed E-state index contributed by atoms with van der Waals surface area (Å²) in [4.78, 5) is 12.9. The molecule has 0 aromatic heterocycles. The van der Waals surface area contributed by atoms with Gasteiger partial charge in [-0.25, -0.2) is 11.7 Å². The third-order valence-electron chi connectivity index (χ3n) is 6.11. The van der Waals surface area contributed by atoms with Gasteiger partial charge in [0.1, 0.15) is 0 Å². The fourth-order valence-electron chi connectivity index (χ4n) is 3.71. The number of allylic oxidation sites excluding steroid dienone is 2. The Labute approximate surface area is 292 Å². The van der Waals surface area contributed by atoms with Gasteiger partial charge in [-0.05, 0) is 13.8 Å². The van der Waals surface area contributed by atoms with Gasteiger partial charge in [0, 0.05) is 49.8 Å². The van der Waals surface area contributed by atoms with Crippen LogP contribution in [0.5, 0.6) is 0 Å². The molecule has 0 heterocycles. The smallest absolute Gasteiger partial charge is 0.219 e. The van der Waals surface area contributed by atoms with Crippen molar-refractivity contribution in [2.75, 3.05) is 152 Å². The molecule has 0 fully saturated rings. The van der Waals surface area contributed by atoms with E-state index in [1.165, 1.54) is 10.0 Å². The summed E-state index contributed by atoms with van der Waals surface area (Å²) in [6, 6.07) is 0. The van der Waals surface area contributed by atoms with E-state index in [9.17, 15) is 4.79 Å². The number of ether oxygens (including phenoxy) is 9. The van der Waals surface area contributed by atoms with Crippen LogP contribution in [0.1, 0.15) is 20.3 Å². The van der Waals surface area contributed by atoms with Crippen molar-refractivity contribution >= 4 is 5.91 Å².